The van der Waals surface area contributed by atoms with Crippen LogP contribution < -0.4 is 10.1 Å². The molecule has 8 heteroatoms. The summed E-state index contributed by atoms with van der Waals surface area (Å²) in [6.45, 7) is 3.27. The Bertz CT molecular complexity index is 838. The molecule has 0 saturated carbocycles. The van der Waals surface area contributed by atoms with E-state index in [4.69, 9.17) is 16.3 Å². The number of hydrogen-bond donors (Lipinski definition) is 1. The maximum atomic E-state index is 12.3. The van der Waals surface area contributed by atoms with Crippen molar-refractivity contribution in [3.8, 4) is 5.75 Å². The quantitative estimate of drug-likeness (QED) is 0.479. The highest BCUT2D eigenvalue weighted by Gasteiger charge is 2.19. The van der Waals surface area contributed by atoms with Gasteiger partial charge in [0.05, 0.1) is 10.5 Å². The molecule has 1 atom stereocenters. The average Bonchev–Trinajstić information content (AvgIpc) is 2.58. The number of amides is 1. The van der Waals surface area contributed by atoms with E-state index < -0.39 is 16.9 Å². The van der Waals surface area contributed by atoms with Gasteiger partial charge in [-0.1, -0.05) is 17.7 Å². The summed E-state index contributed by atoms with van der Waals surface area (Å²) in [5, 5.41) is 14.0. The van der Waals surface area contributed by atoms with Gasteiger partial charge in [0.15, 0.2) is 12.4 Å². The topological polar surface area (TPSA) is 98.5 Å². The van der Waals surface area contributed by atoms with Gasteiger partial charge in [-0.05, 0) is 37.6 Å². The Hall–Kier alpha value is -2.93. The third-order valence-corrected chi connectivity index (χ3v) is 3.94. The van der Waals surface area contributed by atoms with E-state index in [9.17, 15) is 19.7 Å². The lowest BCUT2D eigenvalue weighted by Crippen LogP contribution is -2.30. The van der Waals surface area contributed by atoms with Gasteiger partial charge in [-0.25, -0.2) is 0 Å². The predicted octanol–water partition coefficient (Wildman–Crippen LogP) is 3.78. The molecule has 0 aliphatic carbocycles. The van der Waals surface area contributed by atoms with Gasteiger partial charge in [-0.3, -0.25) is 19.7 Å². The zero-order valence-corrected chi connectivity index (χ0v) is 14.2. The summed E-state index contributed by atoms with van der Waals surface area (Å²) in [5.74, 6) is -0.355. The molecule has 0 heterocycles. The highest BCUT2D eigenvalue weighted by Crippen LogP contribution is 2.25. The highest BCUT2D eigenvalue weighted by atomic mass is 35.5. The second-order valence-electron chi connectivity index (χ2n) is 5.26. The van der Waals surface area contributed by atoms with E-state index >= 15 is 0 Å². The molecule has 0 bridgehead atoms. The van der Waals surface area contributed by atoms with E-state index in [-0.39, 0.29) is 17.0 Å². The molecule has 0 radical (unpaired) electrons. The minimum atomic E-state index is -0.932. The Kier molecular flexibility index (Phi) is 5.71. The van der Waals surface area contributed by atoms with Gasteiger partial charge in [0.25, 0.3) is 11.6 Å². The van der Waals surface area contributed by atoms with E-state index in [0.717, 1.165) is 6.07 Å². The van der Waals surface area contributed by atoms with Crippen LogP contribution in [0.3, 0.4) is 0 Å². The van der Waals surface area contributed by atoms with Crippen LogP contribution in [-0.4, -0.2) is 23.2 Å². The monoisotopic (exact) mass is 362 g/mol. The third kappa shape index (κ3) is 4.33. The van der Waals surface area contributed by atoms with Gasteiger partial charge in [-0.15, -0.1) is 0 Å². The molecule has 2 aromatic carbocycles. The number of benzene rings is 2. The van der Waals surface area contributed by atoms with Crippen LogP contribution >= 0.6 is 11.6 Å². The van der Waals surface area contributed by atoms with Gasteiger partial charge >= 0.3 is 0 Å². The lowest BCUT2D eigenvalue weighted by atomic mass is 10.2. The van der Waals surface area contributed by atoms with Crippen molar-refractivity contribution in [2.24, 2.45) is 0 Å². The molecule has 2 rings (SSSR count). The van der Waals surface area contributed by atoms with Crippen LogP contribution in [0.1, 0.15) is 22.8 Å². The fourth-order valence-corrected chi connectivity index (χ4v) is 2.24. The number of anilines is 1. The molecule has 25 heavy (non-hydrogen) atoms. The molecular formula is C17H15ClN2O5. The number of rotatable bonds is 6. The Balaban J connectivity index is 2.14. The number of carbonyl (C=O) groups is 2. The standard InChI is InChI=1S/C17H15ClN2O5/c1-10-14(18)4-3-5-15(10)19-17(22)11(2)25-16-7-6-13(20(23)24)8-12(16)9-21/h3-9,11H,1-2H3,(H,19,22)/t11-/m1/s1. The zero-order chi connectivity index (χ0) is 18.6. The fraction of sp³-hybridized carbons (Fsp3) is 0.176. The third-order valence-electron chi connectivity index (χ3n) is 3.53. The molecule has 130 valence electrons. The van der Waals surface area contributed by atoms with Crippen molar-refractivity contribution in [3.05, 3.63) is 62.7 Å². The number of ether oxygens (including phenoxy) is 1. The number of carbonyl (C=O) groups excluding carboxylic acids is 2. The normalized spacial score (nSPS) is 11.5. The smallest absolute Gasteiger partial charge is 0.270 e. The number of aldehydes is 1. The largest absolute Gasteiger partial charge is 0.480 e. The van der Waals surface area contributed by atoms with Gasteiger partial charge in [0.2, 0.25) is 0 Å². The van der Waals surface area contributed by atoms with E-state index in [0.29, 0.717) is 22.6 Å². The van der Waals surface area contributed by atoms with Crippen molar-refractivity contribution < 1.29 is 19.2 Å². The predicted molar refractivity (Wildman–Crippen MR) is 93.4 cm³/mol. The van der Waals surface area contributed by atoms with Crippen LogP contribution in [0, 0.1) is 17.0 Å². The number of non-ortho nitro benzene ring substituents is 1. The second-order valence-corrected chi connectivity index (χ2v) is 5.67. The number of nitro groups is 1. The molecule has 1 N–H and O–H groups in total. The van der Waals surface area contributed by atoms with Crippen LogP contribution in [0.15, 0.2) is 36.4 Å². The van der Waals surface area contributed by atoms with Gasteiger partial charge < -0.3 is 10.1 Å². The first kappa shape index (κ1) is 18.4. The SMILES string of the molecule is Cc1c(Cl)cccc1NC(=O)[C@@H](C)Oc1ccc([N+](=O)[O-])cc1C=O. The molecule has 0 aliphatic heterocycles. The molecular weight excluding hydrogens is 348 g/mol. The Labute approximate surface area is 148 Å². The van der Waals surface area contributed by atoms with E-state index in [2.05, 4.69) is 5.32 Å². The van der Waals surface area contributed by atoms with Gasteiger partial charge in [-0.2, -0.15) is 0 Å². The summed E-state index contributed by atoms with van der Waals surface area (Å²) in [6.07, 6.45) is -0.493. The summed E-state index contributed by atoms with van der Waals surface area (Å²) in [5.41, 5.74) is 1.02. The Morgan fingerprint density at radius 3 is 2.72 bits per heavy atom. The Morgan fingerprint density at radius 2 is 2.08 bits per heavy atom. The van der Waals surface area contributed by atoms with Gasteiger partial charge in [0.1, 0.15) is 5.75 Å². The number of halogens is 1. The molecule has 0 unspecified atom stereocenters. The molecule has 1 amide bonds. The molecule has 0 fully saturated rings. The van der Waals surface area contributed by atoms with E-state index in [1.807, 2.05) is 0 Å². The van der Waals surface area contributed by atoms with E-state index in [1.165, 1.54) is 19.1 Å². The molecule has 0 saturated heterocycles. The van der Waals surface area contributed by atoms with Gasteiger partial charge in [0, 0.05) is 22.8 Å². The second kappa shape index (κ2) is 7.76. The first-order valence-electron chi connectivity index (χ1n) is 7.29. The highest BCUT2D eigenvalue weighted by molar-refractivity contribution is 6.31. The summed E-state index contributed by atoms with van der Waals surface area (Å²) < 4.78 is 5.48. The average molecular weight is 363 g/mol. The number of nitrogens with zero attached hydrogens (tertiary/aromatic N) is 1. The van der Waals surface area contributed by atoms with Crippen molar-refractivity contribution in [2.45, 2.75) is 20.0 Å². The van der Waals surface area contributed by atoms with Crippen molar-refractivity contribution >= 4 is 35.2 Å². The number of nitro benzene ring substituents is 1. The summed E-state index contributed by atoms with van der Waals surface area (Å²) in [4.78, 5) is 33.5. The maximum absolute atomic E-state index is 12.3. The maximum Gasteiger partial charge on any atom is 0.270 e. The van der Waals surface area contributed by atoms with Crippen LogP contribution in [0.25, 0.3) is 0 Å². The van der Waals surface area contributed by atoms with Crippen LogP contribution in [0.5, 0.6) is 5.75 Å². The zero-order valence-electron chi connectivity index (χ0n) is 13.5. The van der Waals surface area contributed by atoms with E-state index in [1.54, 1.807) is 25.1 Å². The van der Waals surface area contributed by atoms with Crippen LogP contribution in [0.4, 0.5) is 11.4 Å². The van der Waals surface area contributed by atoms with Crippen LogP contribution in [0.2, 0.25) is 5.02 Å². The molecule has 7 nitrogen and oxygen atoms in total. The fourth-order valence-electron chi connectivity index (χ4n) is 2.07. The van der Waals surface area contributed by atoms with Crippen molar-refractivity contribution in [1.29, 1.82) is 0 Å². The molecule has 0 aromatic heterocycles. The lowest BCUT2D eigenvalue weighted by Gasteiger charge is -2.17. The first-order valence-corrected chi connectivity index (χ1v) is 7.67. The lowest BCUT2D eigenvalue weighted by molar-refractivity contribution is -0.384. The molecule has 2 aromatic rings. The number of nitrogens with one attached hydrogen (secondary N) is 1. The number of hydrogen-bond acceptors (Lipinski definition) is 5. The minimum absolute atomic E-state index is 0.00668. The molecule has 0 aliphatic rings. The van der Waals surface area contributed by atoms with Crippen molar-refractivity contribution in [1.82, 2.24) is 0 Å². The van der Waals surface area contributed by atoms with Crippen molar-refractivity contribution in [2.75, 3.05) is 5.32 Å². The summed E-state index contributed by atoms with van der Waals surface area (Å²) in [6, 6.07) is 8.70. The van der Waals surface area contributed by atoms with Crippen molar-refractivity contribution in [3.63, 3.8) is 0 Å². The summed E-state index contributed by atoms with van der Waals surface area (Å²) in [7, 11) is 0. The molecule has 0 spiro atoms. The Morgan fingerprint density at radius 1 is 1.36 bits per heavy atom. The van der Waals surface area contributed by atoms with Crippen LogP contribution in [-0.2, 0) is 4.79 Å². The minimum Gasteiger partial charge on any atom is -0.480 e. The first-order chi connectivity index (χ1) is 11.8. The summed E-state index contributed by atoms with van der Waals surface area (Å²) >= 11 is 6.01.